The highest BCUT2D eigenvalue weighted by Gasteiger charge is 2.30. The van der Waals surface area contributed by atoms with Gasteiger partial charge < -0.3 is 9.88 Å². The minimum atomic E-state index is -0.128. The molecule has 1 aromatic heterocycles. The van der Waals surface area contributed by atoms with E-state index in [0.29, 0.717) is 23.2 Å². The maximum atomic E-state index is 12.4. The molecule has 8 heteroatoms. The van der Waals surface area contributed by atoms with Crippen LogP contribution in [0.15, 0.2) is 58.2 Å². The van der Waals surface area contributed by atoms with Gasteiger partial charge in [0.2, 0.25) is 5.91 Å². The number of rotatable bonds is 7. The topological polar surface area (TPSA) is 59.8 Å². The van der Waals surface area contributed by atoms with E-state index in [1.165, 1.54) is 17.3 Å². The molecule has 0 atom stereocenters. The van der Waals surface area contributed by atoms with Crippen LogP contribution in [-0.4, -0.2) is 26.4 Å². The number of benzene rings is 2. The molecule has 1 fully saturated rings. The minimum absolute atomic E-state index is 0.128. The smallest absolute Gasteiger partial charge is 0.234 e. The Morgan fingerprint density at radius 1 is 1.21 bits per heavy atom. The highest BCUT2D eigenvalue weighted by molar-refractivity contribution is 9.10. The SMILES string of the molecule is O=C(CSc1nnc(C2CC2)n1Cc1ccccc1)Nc1ccc(Br)cc1Cl. The first kappa shape index (κ1) is 19.5. The molecule has 4 rings (SSSR count). The van der Waals surface area contributed by atoms with Gasteiger partial charge in [0.25, 0.3) is 0 Å². The lowest BCUT2D eigenvalue weighted by Crippen LogP contribution is -2.15. The van der Waals surface area contributed by atoms with Gasteiger partial charge in [0.1, 0.15) is 5.82 Å². The second-order valence-corrected chi connectivity index (χ2v) is 8.91. The Kier molecular flexibility index (Phi) is 6.04. The van der Waals surface area contributed by atoms with E-state index in [2.05, 4.69) is 48.1 Å². The Bertz CT molecular complexity index is 991. The molecule has 0 unspecified atom stereocenters. The summed E-state index contributed by atoms with van der Waals surface area (Å²) in [5, 5.41) is 12.9. The molecular formula is C20H18BrClN4OS. The summed E-state index contributed by atoms with van der Waals surface area (Å²) in [6, 6.07) is 15.6. The number of aromatic nitrogens is 3. The number of carbonyl (C=O) groups excluding carboxylic acids is 1. The molecule has 0 spiro atoms. The molecule has 5 nitrogen and oxygen atoms in total. The number of nitrogens with zero attached hydrogens (tertiary/aromatic N) is 3. The van der Waals surface area contributed by atoms with Crippen molar-refractivity contribution in [1.82, 2.24) is 14.8 Å². The van der Waals surface area contributed by atoms with Crippen LogP contribution >= 0.6 is 39.3 Å². The lowest BCUT2D eigenvalue weighted by atomic mass is 10.2. The quantitative estimate of drug-likeness (QED) is 0.466. The fraction of sp³-hybridized carbons (Fsp3) is 0.250. The Morgan fingerprint density at radius 3 is 2.71 bits per heavy atom. The average Bonchev–Trinajstić information content (AvgIpc) is 3.45. The summed E-state index contributed by atoms with van der Waals surface area (Å²) in [5.41, 5.74) is 1.79. The Hall–Kier alpha value is -1.83. The number of hydrogen-bond acceptors (Lipinski definition) is 4. The van der Waals surface area contributed by atoms with Gasteiger partial charge in [-0.25, -0.2) is 0 Å². The summed E-state index contributed by atoms with van der Waals surface area (Å²) in [5.74, 6) is 1.62. The van der Waals surface area contributed by atoms with E-state index in [1.807, 2.05) is 24.3 Å². The standard InChI is InChI=1S/C20H18BrClN4OS/c21-15-8-9-17(16(22)10-15)23-18(27)12-28-20-25-24-19(14-6-7-14)26(20)11-13-4-2-1-3-5-13/h1-5,8-10,14H,6-7,11-12H2,(H,23,27). The first-order valence-corrected chi connectivity index (χ1v) is 11.1. The number of hydrogen-bond donors (Lipinski definition) is 1. The third-order valence-electron chi connectivity index (χ3n) is 4.41. The molecule has 0 bridgehead atoms. The van der Waals surface area contributed by atoms with Crippen LogP contribution in [0, 0.1) is 0 Å². The molecule has 0 radical (unpaired) electrons. The molecule has 1 saturated carbocycles. The van der Waals surface area contributed by atoms with E-state index in [1.54, 1.807) is 12.1 Å². The second-order valence-electron chi connectivity index (χ2n) is 6.65. The highest BCUT2D eigenvalue weighted by Crippen LogP contribution is 2.40. The van der Waals surface area contributed by atoms with E-state index in [9.17, 15) is 4.79 Å². The molecular weight excluding hydrogens is 460 g/mol. The third kappa shape index (κ3) is 4.77. The summed E-state index contributed by atoms with van der Waals surface area (Å²) in [7, 11) is 0. The van der Waals surface area contributed by atoms with Crippen LogP contribution in [0.5, 0.6) is 0 Å². The zero-order valence-electron chi connectivity index (χ0n) is 14.9. The van der Waals surface area contributed by atoms with Gasteiger partial charge in [-0.3, -0.25) is 4.79 Å². The predicted octanol–water partition coefficient (Wildman–Crippen LogP) is 5.35. The molecule has 28 heavy (non-hydrogen) atoms. The molecule has 1 N–H and O–H groups in total. The summed E-state index contributed by atoms with van der Waals surface area (Å²) in [6.07, 6.45) is 2.31. The molecule has 1 amide bonds. The molecule has 1 heterocycles. The lowest BCUT2D eigenvalue weighted by molar-refractivity contribution is -0.113. The first-order chi connectivity index (χ1) is 13.6. The monoisotopic (exact) mass is 476 g/mol. The molecule has 2 aromatic carbocycles. The molecule has 3 aromatic rings. The number of nitrogens with one attached hydrogen (secondary N) is 1. The van der Waals surface area contributed by atoms with Crippen molar-refractivity contribution in [2.45, 2.75) is 30.5 Å². The number of anilines is 1. The first-order valence-electron chi connectivity index (χ1n) is 8.95. The van der Waals surface area contributed by atoms with Crippen LogP contribution in [-0.2, 0) is 11.3 Å². The summed E-state index contributed by atoms with van der Waals surface area (Å²) in [6.45, 7) is 0.710. The molecule has 1 aliphatic rings. The van der Waals surface area contributed by atoms with Gasteiger partial charge in [0.15, 0.2) is 5.16 Å². The van der Waals surface area contributed by atoms with Crippen molar-refractivity contribution in [2.24, 2.45) is 0 Å². The number of amides is 1. The van der Waals surface area contributed by atoms with Crippen molar-refractivity contribution in [3.05, 3.63) is 69.4 Å². The van der Waals surface area contributed by atoms with E-state index in [4.69, 9.17) is 11.6 Å². The maximum Gasteiger partial charge on any atom is 0.234 e. The van der Waals surface area contributed by atoms with E-state index < -0.39 is 0 Å². The zero-order valence-corrected chi connectivity index (χ0v) is 18.1. The predicted molar refractivity (Wildman–Crippen MR) is 116 cm³/mol. The Labute approximate surface area is 181 Å². The normalized spacial score (nSPS) is 13.5. The number of carbonyl (C=O) groups is 1. The summed E-state index contributed by atoms with van der Waals surface area (Å²) in [4.78, 5) is 12.4. The van der Waals surface area contributed by atoms with Gasteiger partial charge in [0.05, 0.1) is 23.0 Å². The minimum Gasteiger partial charge on any atom is -0.324 e. The fourth-order valence-corrected chi connectivity index (χ4v) is 4.34. The summed E-state index contributed by atoms with van der Waals surface area (Å²) < 4.78 is 3.00. The van der Waals surface area contributed by atoms with Gasteiger partial charge in [-0.1, -0.05) is 69.6 Å². The van der Waals surface area contributed by atoms with Crippen molar-refractivity contribution in [3.8, 4) is 0 Å². The fourth-order valence-electron chi connectivity index (χ4n) is 2.87. The Morgan fingerprint density at radius 2 is 2.00 bits per heavy atom. The van der Waals surface area contributed by atoms with Gasteiger partial charge in [-0.2, -0.15) is 0 Å². The largest absolute Gasteiger partial charge is 0.324 e. The highest BCUT2D eigenvalue weighted by atomic mass is 79.9. The Balaban J connectivity index is 1.45. The van der Waals surface area contributed by atoms with Crippen LogP contribution in [0.2, 0.25) is 5.02 Å². The van der Waals surface area contributed by atoms with Crippen LogP contribution in [0.1, 0.15) is 30.1 Å². The van der Waals surface area contributed by atoms with Gasteiger partial charge in [0, 0.05) is 10.4 Å². The van der Waals surface area contributed by atoms with Crippen LogP contribution in [0.25, 0.3) is 0 Å². The van der Waals surface area contributed by atoms with Gasteiger partial charge in [-0.05, 0) is 36.6 Å². The van der Waals surface area contributed by atoms with Crippen molar-refractivity contribution >= 4 is 50.9 Å². The van der Waals surface area contributed by atoms with Gasteiger partial charge in [-0.15, -0.1) is 10.2 Å². The maximum absolute atomic E-state index is 12.4. The van der Waals surface area contributed by atoms with Crippen molar-refractivity contribution < 1.29 is 4.79 Å². The molecule has 1 aliphatic carbocycles. The second kappa shape index (κ2) is 8.68. The van der Waals surface area contributed by atoms with Crippen molar-refractivity contribution in [2.75, 3.05) is 11.1 Å². The zero-order chi connectivity index (χ0) is 19.5. The van der Waals surface area contributed by atoms with Crippen molar-refractivity contribution in [1.29, 1.82) is 0 Å². The third-order valence-corrected chi connectivity index (χ3v) is 6.18. The van der Waals surface area contributed by atoms with Gasteiger partial charge >= 0.3 is 0 Å². The van der Waals surface area contributed by atoms with Crippen LogP contribution < -0.4 is 5.32 Å². The molecule has 0 aliphatic heterocycles. The number of halogens is 2. The van der Waals surface area contributed by atoms with E-state index in [0.717, 1.165) is 28.3 Å². The average molecular weight is 478 g/mol. The van der Waals surface area contributed by atoms with Crippen LogP contribution in [0.4, 0.5) is 5.69 Å². The van der Waals surface area contributed by atoms with E-state index >= 15 is 0 Å². The summed E-state index contributed by atoms with van der Waals surface area (Å²) >= 11 is 10.9. The van der Waals surface area contributed by atoms with Crippen LogP contribution in [0.3, 0.4) is 0 Å². The van der Waals surface area contributed by atoms with Crippen molar-refractivity contribution in [3.63, 3.8) is 0 Å². The van der Waals surface area contributed by atoms with E-state index in [-0.39, 0.29) is 11.7 Å². The molecule has 144 valence electrons. The number of thioether (sulfide) groups is 1. The lowest BCUT2D eigenvalue weighted by Gasteiger charge is -2.10. The molecule has 0 saturated heterocycles.